The van der Waals surface area contributed by atoms with Crippen LogP contribution in [0.5, 0.6) is 5.75 Å². The Balaban J connectivity index is 1.71. The number of nitrogens with zero attached hydrogens (tertiary/aromatic N) is 3. The van der Waals surface area contributed by atoms with E-state index in [-0.39, 0.29) is 5.82 Å². The van der Waals surface area contributed by atoms with Gasteiger partial charge in [-0.05, 0) is 41.3 Å². The van der Waals surface area contributed by atoms with Gasteiger partial charge in [0.1, 0.15) is 11.9 Å². The van der Waals surface area contributed by atoms with Crippen LogP contribution in [0.4, 0.5) is 0 Å². The first-order valence-corrected chi connectivity index (χ1v) is 7.14. The lowest BCUT2D eigenvalue weighted by molar-refractivity contribution is 0.219. The van der Waals surface area contributed by atoms with E-state index >= 15 is 0 Å². The Morgan fingerprint density at radius 2 is 2.09 bits per heavy atom. The van der Waals surface area contributed by atoms with E-state index in [1.54, 1.807) is 13.2 Å². The standard InChI is InChI=1S/C16H17N5O2/c1-23-14-5-2-11(3-6-14)8-13-10-17-9-12(13)4-7-15(22)16-18-20-21-19-16/h2-7,9-10,15,17,22H,8H2,1H3,(H,18,19,20,21). The number of methoxy groups -OCH3 is 1. The first-order valence-electron chi connectivity index (χ1n) is 7.14. The van der Waals surface area contributed by atoms with Crippen molar-refractivity contribution in [3.05, 3.63) is 65.2 Å². The molecule has 7 nitrogen and oxygen atoms in total. The molecule has 3 aromatic rings. The number of H-pyrrole nitrogens is 2. The number of rotatable bonds is 6. The monoisotopic (exact) mass is 311 g/mol. The Hall–Kier alpha value is -2.93. The molecule has 23 heavy (non-hydrogen) atoms. The second-order valence-corrected chi connectivity index (χ2v) is 5.03. The maximum Gasteiger partial charge on any atom is 0.206 e. The van der Waals surface area contributed by atoms with Crippen LogP contribution in [0.15, 0.2) is 42.7 Å². The van der Waals surface area contributed by atoms with E-state index in [2.05, 4.69) is 25.6 Å². The van der Waals surface area contributed by atoms with E-state index in [1.165, 1.54) is 5.56 Å². The second kappa shape index (κ2) is 6.89. The predicted octanol–water partition coefficient (Wildman–Crippen LogP) is 1.87. The lowest BCUT2D eigenvalue weighted by atomic mass is 10.0. The van der Waals surface area contributed by atoms with Crippen LogP contribution < -0.4 is 4.74 Å². The van der Waals surface area contributed by atoms with Crippen molar-refractivity contribution in [1.82, 2.24) is 25.6 Å². The Morgan fingerprint density at radius 1 is 1.26 bits per heavy atom. The minimum Gasteiger partial charge on any atom is -0.497 e. The predicted molar refractivity (Wildman–Crippen MR) is 84.8 cm³/mol. The summed E-state index contributed by atoms with van der Waals surface area (Å²) in [5, 5.41) is 23.2. The minimum atomic E-state index is -0.891. The smallest absolute Gasteiger partial charge is 0.206 e. The van der Waals surface area contributed by atoms with Crippen LogP contribution in [0, 0.1) is 0 Å². The van der Waals surface area contributed by atoms with Gasteiger partial charge in [-0.2, -0.15) is 5.21 Å². The van der Waals surface area contributed by atoms with Gasteiger partial charge in [0, 0.05) is 12.4 Å². The van der Waals surface area contributed by atoms with Crippen molar-refractivity contribution >= 4 is 6.08 Å². The van der Waals surface area contributed by atoms with E-state index in [9.17, 15) is 5.11 Å². The van der Waals surface area contributed by atoms with Crippen molar-refractivity contribution in [1.29, 1.82) is 0 Å². The maximum atomic E-state index is 9.95. The van der Waals surface area contributed by atoms with Crippen molar-refractivity contribution in [3.63, 3.8) is 0 Å². The summed E-state index contributed by atoms with van der Waals surface area (Å²) in [5.74, 6) is 1.08. The lowest BCUT2D eigenvalue weighted by Crippen LogP contribution is -1.96. The number of aromatic nitrogens is 5. The Labute approximate surface area is 133 Å². The zero-order valence-electron chi connectivity index (χ0n) is 12.6. The molecule has 0 saturated carbocycles. The fourth-order valence-electron chi connectivity index (χ4n) is 2.26. The third-order valence-corrected chi connectivity index (χ3v) is 3.51. The molecular formula is C16H17N5O2. The van der Waals surface area contributed by atoms with Gasteiger partial charge in [-0.3, -0.25) is 0 Å². The molecule has 118 valence electrons. The number of aromatic amines is 2. The van der Waals surface area contributed by atoms with Crippen LogP contribution in [0.2, 0.25) is 0 Å². The zero-order valence-corrected chi connectivity index (χ0v) is 12.6. The van der Waals surface area contributed by atoms with Crippen molar-refractivity contribution in [2.24, 2.45) is 0 Å². The highest BCUT2D eigenvalue weighted by Gasteiger charge is 2.09. The SMILES string of the molecule is COc1ccc(Cc2c[nH]cc2C=CC(O)c2nn[nH]n2)cc1. The summed E-state index contributed by atoms with van der Waals surface area (Å²) in [6, 6.07) is 7.95. The highest BCUT2D eigenvalue weighted by molar-refractivity contribution is 5.54. The van der Waals surface area contributed by atoms with E-state index in [4.69, 9.17) is 4.74 Å². The number of aliphatic hydroxyl groups excluding tert-OH is 1. The largest absolute Gasteiger partial charge is 0.497 e. The first kappa shape index (κ1) is 15.0. The molecule has 0 fully saturated rings. The number of benzene rings is 1. The Morgan fingerprint density at radius 3 is 2.78 bits per heavy atom. The average molecular weight is 311 g/mol. The quantitative estimate of drug-likeness (QED) is 0.645. The van der Waals surface area contributed by atoms with Gasteiger partial charge in [0.25, 0.3) is 0 Å². The van der Waals surface area contributed by atoms with Gasteiger partial charge in [0.05, 0.1) is 7.11 Å². The summed E-state index contributed by atoms with van der Waals surface area (Å²) >= 11 is 0. The van der Waals surface area contributed by atoms with Gasteiger partial charge in [0.15, 0.2) is 0 Å². The number of hydrogen-bond donors (Lipinski definition) is 3. The lowest BCUT2D eigenvalue weighted by Gasteiger charge is -2.04. The summed E-state index contributed by atoms with van der Waals surface area (Å²) in [6.07, 6.45) is 7.20. The molecule has 0 bridgehead atoms. The molecule has 3 N–H and O–H groups in total. The average Bonchev–Trinajstić information content (AvgIpc) is 3.25. The van der Waals surface area contributed by atoms with Crippen LogP contribution in [0.3, 0.4) is 0 Å². The van der Waals surface area contributed by atoms with Gasteiger partial charge in [-0.1, -0.05) is 23.4 Å². The molecule has 0 aliphatic heterocycles. The van der Waals surface area contributed by atoms with Gasteiger partial charge >= 0.3 is 0 Å². The van der Waals surface area contributed by atoms with Crippen LogP contribution in [-0.4, -0.2) is 37.8 Å². The van der Waals surface area contributed by atoms with Gasteiger partial charge in [0.2, 0.25) is 5.82 Å². The number of tetrazole rings is 1. The van der Waals surface area contributed by atoms with Crippen molar-refractivity contribution < 1.29 is 9.84 Å². The molecule has 3 rings (SSSR count). The molecule has 0 saturated heterocycles. The Bertz CT molecular complexity index is 762. The Kier molecular flexibility index (Phi) is 4.49. The van der Waals surface area contributed by atoms with Crippen LogP contribution >= 0.6 is 0 Å². The molecule has 0 radical (unpaired) electrons. The fraction of sp³-hybridized carbons (Fsp3) is 0.188. The van der Waals surface area contributed by atoms with E-state index in [0.29, 0.717) is 0 Å². The number of nitrogens with one attached hydrogen (secondary N) is 2. The highest BCUT2D eigenvalue weighted by Crippen LogP contribution is 2.19. The van der Waals surface area contributed by atoms with Crippen molar-refractivity contribution in [2.45, 2.75) is 12.5 Å². The molecule has 1 aromatic carbocycles. The van der Waals surface area contributed by atoms with Crippen LogP contribution in [0.1, 0.15) is 28.6 Å². The topological polar surface area (TPSA) is 99.7 Å². The second-order valence-electron chi connectivity index (χ2n) is 5.03. The van der Waals surface area contributed by atoms with Crippen molar-refractivity contribution in [2.75, 3.05) is 7.11 Å². The molecule has 0 aliphatic carbocycles. The number of hydrogen-bond acceptors (Lipinski definition) is 5. The zero-order chi connectivity index (χ0) is 16.1. The van der Waals surface area contributed by atoms with Gasteiger partial charge in [-0.15, -0.1) is 10.2 Å². The van der Waals surface area contributed by atoms with Gasteiger partial charge in [-0.25, -0.2) is 0 Å². The normalized spacial score (nSPS) is 12.6. The number of ether oxygens (including phenoxy) is 1. The van der Waals surface area contributed by atoms with E-state index < -0.39 is 6.10 Å². The van der Waals surface area contributed by atoms with Crippen molar-refractivity contribution in [3.8, 4) is 5.75 Å². The van der Waals surface area contributed by atoms with E-state index in [1.807, 2.05) is 42.7 Å². The summed E-state index contributed by atoms with van der Waals surface area (Å²) in [4.78, 5) is 3.09. The first-order chi connectivity index (χ1) is 11.3. The molecule has 1 atom stereocenters. The highest BCUT2D eigenvalue weighted by atomic mass is 16.5. The molecular weight excluding hydrogens is 294 g/mol. The number of aliphatic hydroxyl groups is 1. The molecule has 0 aliphatic rings. The molecule has 7 heteroatoms. The molecule has 0 amide bonds. The third kappa shape index (κ3) is 3.64. The summed E-state index contributed by atoms with van der Waals surface area (Å²) in [7, 11) is 1.65. The summed E-state index contributed by atoms with van der Waals surface area (Å²) in [5.41, 5.74) is 3.31. The van der Waals surface area contributed by atoms with Crippen LogP contribution in [-0.2, 0) is 6.42 Å². The minimum absolute atomic E-state index is 0.244. The summed E-state index contributed by atoms with van der Waals surface area (Å²) < 4.78 is 5.16. The summed E-state index contributed by atoms with van der Waals surface area (Å²) in [6.45, 7) is 0. The third-order valence-electron chi connectivity index (χ3n) is 3.51. The molecule has 2 heterocycles. The fourth-order valence-corrected chi connectivity index (χ4v) is 2.26. The van der Waals surface area contributed by atoms with Crippen LogP contribution in [0.25, 0.3) is 6.08 Å². The van der Waals surface area contributed by atoms with E-state index in [0.717, 1.165) is 23.3 Å². The molecule has 1 unspecified atom stereocenters. The maximum absolute atomic E-state index is 9.95. The van der Waals surface area contributed by atoms with Gasteiger partial charge < -0.3 is 14.8 Å². The molecule has 0 spiro atoms. The molecule has 2 aromatic heterocycles.